The van der Waals surface area contributed by atoms with E-state index in [4.69, 9.17) is 0 Å². The van der Waals surface area contributed by atoms with E-state index in [0.29, 0.717) is 0 Å². The monoisotopic (exact) mass is 384 g/mol. The lowest BCUT2D eigenvalue weighted by Gasteiger charge is -2.43. The molecule has 2 aliphatic heterocycles. The maximum Gasteiger partial charge on any atom is 0.312 e. The van der Waals surface area contributed by atoms with Crippen LogP contribution in [-0.4, -0.2) is 53.6 Å². The molecule has 0 aromatic heterocycles. The predicted molar refractivity (Wildman–Crippen MR) is 100 cm³/mol. The molecule has 2 saturated heterocycles. The van der Waals surface area contributed by atoms with Crippen molar-refractivity contribution in [3.05, 3.63) is 71.8 Å². The second-order valence-electron chi connectivity index (χ2n) is 7.05. The van der Waals surface area contributed by atoms with Crippen molar-refractivity contribution >= 4 is 21.7 Å². The maximum atomic E-state index is 12.8. The fourth-order valence-corrected chi connectivity index (χ4v) is 5.87. The highest BCUT2D eigenvalue weighted by Crippen LogP contribution is 2.30. The number of hydrogen-bond acceptors (Lipinski definition) is 4. The second kappa shape index (κ2) is 6.81. The minimum absolute atomic E-state index is 0.102. The van der Waals surface area contributed by atoms with E-state index in [-0.39, 0.29) is 24.6 Å². The Kier molecular flexibility index (Phi) is 4.47. The average molecular weight is 384 g/mol. The molecule has 2 atom stereocenters. The molecule has 0 radical (unpaired) electrons. The van der Waals surface area contributed by atoms with Gasteiger partial charge in [-0.2, -0.15) is 0 Å². The normalized spacial score (nSPS) is 24.1. The molecule has 0 saturated carbocycles. The number of benzene rings is 2. The van der Waals surface area contributed by atoms with E-state index >= 15 is 0 Å². The third kappa shape index (κ3) is 3.47. The van der Waals surface area contributed by atoms with Gasteiger partial charge in [0.25, 0.3) is 0 Å². The summed E-state index contributed by atoms with van der Waals surface area (Å²) in [6.45, 7) is 0.475. The molecule has 2 amide bonds. The topological polar surface area (TPSA) is 74.8 Å². The minimum atomic E-state index is -3.31. The molecule has 0 unspecified atom stereocenters. The Hall–Kier alpha value is -2.67. The third-order valence-electron chi connectivity index (χ3n) is 5.19. The molecule has 140 valence electrons. The lowest BCUT2D eigenvalue weighted by Crippen LogP contribution is -2.63. The summed E-state index contributed by atoms with van der Waals surface area (Å²) in [4.78, 5) is 28.5. The Morgan fingerprint density at radius 3 is 1.44 bits per heavy atom. The summed E-state index contributed by atoms with van der Waals surface area (Å²) in [7, 11) is -3.31. The van der Waals surface area contributed by atoms with Crippen molar-refractivity contribution in [2.75, 3.05) is 11.5 Å². The van der Waals surface area contributed by atoms with Gasteiger partial charge in [-0.15, -0.1) is 0 Å². The summed E-state index contributed by atoms with van der Waals surface area (Å²) in [5.74, 6) is -1.47. The van der Waals surface area contributed by atoms with Crippen molar-refractivity contribution < 1.29 is 18.0 Å². The van der Waals surface area contributed by atoms with Gasteiger partial charge in [0, 0.05) is 13.1 Å². The number of rotatable bonds is 4. The largest absolute Gasteiger partial charge is 0.324 e. The molecule has 0 N–H and O–H groups in total. The van der Waals surface area contributed by atoms with Gasteiger partial charge >= 0.3 is 11.8 Å². The Bertz CT molecular complexity index is 886. The van der Waals surface area contributed by atoms with Gasteiger partial charge in [-0.25, -0.2) is 8.42 Å². The highest BCUT2D eigenvalue weighted by molar-refractivity contribution is 7.91. The number of sulfone groups is 1. The summed E-state index contributed by atoms with van der Waals surface area (Å²) in [5.41, 5.74) is 1.75. The van der Waals surface area contributed by atoms with Crippen LogP contribution in [0.2, 0.25) is 0 Å². The molecule has 2 fully saturated rings. The number of amides is 2. The van der Waals surface area contributed by atoms with Crippen LogP contribution in [0, 0.1) is 0 Å². The van der Waals surface area contributed by atoms with Crippen LogP contribution < -0.4 is 0 Å². The Morgan fingerprint density at radius 1 is 0.704 bits per heavy atom. The van der Waals surface area contributed by atoms with Crippen molar-refractivity contribution in [2.45, 2.75) is 25.2 Å². The van der Waals surface area contributed by atoms with E-state index in [0.717, 1.165) is 11.1 Å². The van der Waals surface area contributed by atoms with Crippen LogP contribution >= 0.6 is 0 Å². The average Bonchev–Trinajstić information content (AvgIpc) is 2.99. The van der Waals surface area contributed by atoms with Crippen molar-refractivity contribution in [1.82, 2.24) is 9.80 Å². The molecule has 2 aromatic carbocycles. The van der Waals surface area contributed by atoms with Gasteiger partial charge in [-0.1, -0.05) is 60.7 Å². The number of carbonyl (C=O) groups excluding carboxylic acids is 2. The number of piperazine rings is 1. The first kappa shape index (κ1) is 17.7. The van der Waals surface area contributed by atoms with E-state index in [1.54, 1.807) is 0 Å². The molecule has 6 nitrogen and oxygen atoms in total. The zero-order chi connectivity index (χ0) is 19.0. The van der Waals surface area contributed by atoms with Crippen LogP contribution in [0.5, 0.6) is 0 Å². The van der Waals surface area contributed by atoms with Crippen LogP contribution in [0.3, 0.4) is 0 Å². The van der Waals surface area contributed by atoms with E-state index in [1.165, 1.54) is 9.80 Å². The second-order valence-corrected chi connectivity index (χ2v) is 9.20. The van der Waals surface area contributed by atoms with E-state index in [1.807, 2.05) is 60.7 Å². The first-order valence-electron chi connectivity index (χ1n) is 8.84. The first-order valence-corrected chi connectivity index (χ1v) is 10.7. The summed E-state index contributed by atoms with van der Waals surface area (Å²) in [6.07, 6.45) is 0. The molecule has 4 rings (SSSR count). The van der Waals surface area contributed by atoms with E-state index < -0.39 is 33.7 Å². The molecule has 0 aliphatic carbocycles. The lowest BCUT2D eigenvalue weighted by atomic mass is 10.0. The van der Waals surface area contributed by atoms with Crippen LogP contribution in [0.25, 0.3) is 0 Å². The van der Waals surface area contributed by atoms with Crippen molar-refractivity contribution in [3.8, 4) is 0 Å². The molecule has 7 heteroatoms. The maximum absolute atomic E-state index is 12.8. The molecule has 27 heavy (non-hydrogen) atoms. The zero-order valence-electron chi connectivity index (χ0n) is 14.7. The molecule has 2 aliphatic rings. The van der Waals surface area contributed by atoms with E-state index in [2.05, 4.69) is 0 Å². The van der Waals surface area contributed by atoms with Gasteiger partial charge in [0.1, 0.15) is 0 Å². The predicted octanol–water partition coefficient (Wildman–Crippen LogP) is 1.22. The molecule has 2 heterocycles. The van der Waals surface area contributed by atoms with Gasteiger partial charge in [0.15, 0.2) is 9.84 Å². The molecule has 0 spiro atoms. The van der Waals surface area contributed by atoms with Crippen LogP contribution in [0.15, 0.2) is 60.7 Å². The summed E-state index contributed by atoms with van der Waals surface area (Å²) in [6, 6.07) is 17.6. The van der Waals surface area contributed by atoms with Crippen molar-refractivity contribution in [3.63, 3.8) is 0 Å². The quantitative estimate of drug-likeness (QED) is 0.743. The van der Waals surface area contributed by atoms with E-state index in [9.17, 15) is 18.0 Å². The first-order chi connectivity index (χ1) is 12.9. The Labute approximate surface area is 158 Å². The van der Waals surface area contributed by atoms with Gasteiger partial charge in [0.2, 0.25) is 0 Å². The molecular weight excluding hydrogens is 364 g/mol. The third-order valence-corrected chi connectivity index (χ3v) is 6.89. The van der Waals surface area contributed by atoms with Gasteiger partial charge in [-0.3, -0.25) is 9.59 Å². The fraction of sp³-hybridized carbons (Fsp3) is 0.300. The minimum Gasteiger partial charge on any atom is -0.324 e. The van der Waals surface area contributed by atoms with Gasteiger partial charge in [0.05, 0.1) is 23.6 Å². The summed E-state index contributed by atoms with van der Waals surface area (Å²) < 4.78 is 24.7. The number of nitrogens with zero attached hydrogens (tertiary/aromatic N) is 2. The molecule has 2 aromatic rings. The highest BCUT2D eigenvalue weighted by atomic mass is 32.2. The zero-order valence-corrected chi connectivity index (χ0v) is 15.5. The lowest BCUT2D eigenvalue weighted by molar-refractivity contribution is -0.162. The smallest absolute Gasteiger partial charge is 0.312 e. The number of carbonyl (C=O) groups is 2. The molecular formula is C20H20N2O4S. The van der Waals surface area contributed by atoms with Crippen LogP contribution in [-0.2, 0) is 32.5 Å². The van der Waals surface area contributed by atoms with Gasteiger partial charge < -0.3 is 9.80 Å². The van der Waals surface area contributed by atoms with Crippen molar-refractivity contribution in [2.24, 2.45) is 0 Å². The molecule has 0 bridgehead atoms. The van der Waals surface area contributed by atoms with Crippen molar-refractivity contribution in [1.29, 1.82) is 0 Å². The highest BCUT2D eigenvalue weighted by Gasteiger charge is 2.52. The Morgan fingerprint density at radius 2 is 1.07 bits per heavy atom. The number of fused-ring (bicyclic) bond motifs is 1. The number of hydrogen-bond donors (Lipinski definition) is 0. The van der Waals surface area contributed by atoms with Gasteiger partial charge in [-0.05, 0) is 11.1 Å². The Balaban J connectivity index is 1.66. The fourth-order valence-electron chi connectivity index (χ4n) is 3.89. The SMILES string of the molecule is O=C1C(=O)N(Cc2ccccc2)[C@H]2CS(=O)(=O)C[C@H]2N1Cc1ccccc1. The summed E-state index contributed by atoms with van der Waals surface area (Å²) >= 11 is 0. The standard InChI is InChI=1S/C20H20N2O4S/c23-19-20(24)22(12-16-9-5-2-6-10-16)18-14-27(25,26)13-17(18)21(19)11-15-7-3-1-4-8-15/h1-10,17-18H,11-14H2/t17-,18+. The van der Waals surface area contributed by atoms with Crippen LogP contribution in [0.1, 0.15) is 11.1 Å². The van der Waals surface area contributed by atoms with Crippen LogP contribution in [0.4, 0.5) is 0 Å². The summed E-state index contributed by atoms with van der Waals surface area (Å²) in [5, 5.41) is 0.